The van der Waals surface area contributed by atoms with Crippen LogP contribution in [0.3, 0.4) is 0 Å². The topological polar surface area (TPSA) is 43.4 Å². The van der Waals surface area contributed by atoms with Crippen molar-refractivity contribution in [2.45, 2.75) is 84.0 Å². The van der Waals surface area contributed by atoms with Crippen LogP contribution in [-0.2, 0) is 16.0 Å². The Kier molecular flexibility index (Phi) is 5.13. The van der Waals surface area contributed by atoms with Crippen molar-refractivity contribution in [3.8, 4) is 5.75 Å². The highest BCUT2D eigenvalue weighted by Gasteiger charge is 2.54. The molecular formula is C24H32O3. The van der Waals surface area contributed by atoms with Crippen LogP contribution in [0.5, 0.6) is 5.75 Å². The zero-order valence-corrected chi connectivity index (χ0v) is 16.8. The van der Waals surface area contributed by atoms with E-state index in [-0.39, 0.29) is 11.4 Å². The van der Waals surface area contributed by atoms with Gasteiger partial charge in [0.25, 0.3) is 0 Å². The van der Waals surface area contributed by atoms with Crippen molar-refractivity contribution in [2.24, 2.45) is 17.3 Å². The first-order chi connectivity index (χ1) is 13.0. The van der Waals surface area contributed by atoms with Crippen LogP contribution < -0.4 is 4.74 Å². The Balaban J connectivity index is 1.48. The lowest BCUT2D eigenvalue weighted by Crippen LogP contribution is -2.42. The predicted octanol–water partition coefficient (Wildman–Crippen LogP) is 5.60. The Bertz CT molecular complexity index is 737. The molecule has 1 aromatic rings. The van der Waals surface area contributed by atoms with Crippen LogP contribution in [0.1, 0.15) is 88.7 Å². The molecule has 0 unspecified atom stereocenters. The average molecular weight is 369 g/mol. The first-order valence-electron chi connectivity index (χ1n) is 10.9. The van der Waals surface area contributed by atoms with Crippen LogP contribution in [0.2, 0.25) is 0 Å². The van der Waals surface area contributed by atoms with Crippen molar-refractivity contribution in [2.75, 3.05) is 0 Å². The van der Waals surface area contributed by atoms with Gasteiger partial charge in [-0.1, -0.05) is 32.8 Å². The number of benzene rings is 1. The molecule has 4 rings (SSSR count). The van der Waals surface area contributed by atoms with E-state index in [4.69, 9.17) is 4.74 Å². The lowest BCUT2D eigenvalue weighted by molar-refractivity contribution is -0.134. The summed E-state index contributed by atoms with van der Waals surface area (Å²) in [5.74, 6) is 2.87. The van der Waals surface area contributed by atoms with Crippen LogP contribution >= 0.6 is 0 Å². The molecule has 0 aliphatic heterocycles. The lowest BCUT2D eigenvalue weighted by atomic mass is 9.55. The molecule has 0 radical (unpaired) electrons. The molecule has 146 valence electrons. The summed E-state index contributed by atoms with van der Waals surface area (Å²) in [6, 6.07) is 6.27. The van der Waals surface area contributed by atoms with Gasteiger partial charge in [-0.05, 0) is 79.5 Å². The molecule has 2 fully saturated rings. The van der Waals surface area contributed by atoms with Crippen LogP contribution in [0.15, 0.2) is 18.2 Å². The number of aryl methyl sites for hydroxylation is 1. The van der Waals surface area contributed by atoms with Gasteiger partial charge in [0, 0.05) is 18.3 Å². The lowest BCUT2D eigenvalue weighted by Gasteiger charge is -2.48. The van der Waals surface area contributed by atoms with Gasteiger partial charge in [-0.25, -0.2) is 0 Å². The third-order valence-corrected chi connectivity index (χ3v) is 7.62. The summed E-state index contributed by atoms with van der Waals surface area (Å²) in [6.07, 6.45) is 9.82. The van der Waals surface area contributed by atoms with Gasteiger partial charge >= 0.3 is 5.97 Å². The molecule has 3 heteroatoms. The number of hydrogen-bond donors (Lipinski definition) is 0. The summed E-state index contributed by atoms with van der Waals surface area (Å²) in [6.45, 7) is 4.36. The van der Waals surface area contributed by atoms with Crippen molar-refractivity contribution < 1.29 is 14.3 Å². The molecule has 2 saturated carbocycles. The second-order valence-electron chi connectivity index (χ2n) is 9.13. The number of ketones is 1. The molecule has 0 amide bonds. The predicted molar refractivity (Wildman–Crippen MR) is 106 cm³/mol. The highest BCUT2D eigenvalue weighted by Crippen LogP contribution is 2.59. The number of unbranched alkanes of at least 4 members (excludes halogenated alkanes) is 2. The summed E-state index contributed by atoms with van der Waals surface area (Å²) < 4.78 is 5.58. The van der Waals surface area contributed by atoms with Crippen molar-refractivity contribution in [3.05, 3.63) is 29.3 Å². The Morgan fingerprint density at radius 1 is 1.19 bits per heavy atom. The molecule has 0 heterocycles. The van der Waals surface area contributed by atoms with Crippen molar-refractivity contribution >= 4 is 11.8 Å². The zero-order valence-electron chi connectivity index (χ0n) is 16.8. The minimum absolute atomic E-state index is 0.0629. The molecule has 27 heavy (non-hydrogen) atoms. The minimum atomic E-state index is -0.116. The summed E-state index contributed by atoms with van der Waals surface area (Å²) >= 11 is 0. The maximum absolute atomic E-state index is 12.4. The number of fused-ring (bicyclic) bond motifs is 5. The van der Waals surface area contributed by atoms with Crippen LogP contribution in [0, 0.1) is 17.3 Å². The van der Waals surface area contributed by atoms with E-state index in [0.29, 0.717) is 35.7 Å². The quantitative estimate of drug-likeness (QED) is 0.386. The molecule has 4 atom stereocenters. The van der Waals surface area contributed by atoms with Gasteiger partial charge in [0.1, 0.15) is 11.5 Å². The van der Waals surface area contributed by atoms with Gasteiger partial charge in [-0.3, -0.25) is 9.59 Å². The molecule has 0 bridgehead atoms. The number of ether oxygens (including phenoxy) is 1. The molecule has 1 aromatic carbocycles. The molecule has 3 aliphatic carbocycles. The summed E-state index contributed by atoms with van der Waals surface area (Å²) in [5, 5.41) is 0. The third kappa shape index (κ3) is 3.34. The van der Waals surface area contributed by atoms with Gasteiger partial charge in [0.05, 0.1) is 0 Å². The van der Waals surface area contributed by atoms with Gasteiger partial charge in [0.15, 0.2) is 0 Å². The van der Waals surface area contributed by atoms with E-state index in [9.17, 15) is 9.59 Å². The van der Waals surface area contributed by atoms with E-state index in [1.165, 1.54) is 17.5 Å². The molecular weight excluding hydrogens is 336 g/mol. The maximum Gasteiger partial charge on any atom is 0.311 e. The van der Waals surface area contributed by atoms with Crippen molar-refractivity contribution in [3.63, 3.8) is 0 Å². The summed E-state index contributed by atoms with van der Waals surface area (Å²) in [5.41, 5.74) is 2.73. The summed E-state index contributed by atoms with van der Waals surface area (Å²) in [7, 11) is 0. The van der Waals surface area contributed by atoms with Crippen LogP contribution in [0.4, 0.5) is 0 Å². The van der Waals surface area contributed by atoms with Gasteiger partial charge in [-0.2, -0.15) is 0 Å². The second kappa shape index (κ2) is 7.41. The number of carbonyl (C=O) groups is 2. The standard InChI is InChI=1S/C24H32O3/c1-3-4-5-6-23(26)27-17-8-10-18-16(15-17)7-9-20-19(18)13-14-24(2)21(20)11-12-22(24)25/h8,10,15,19-21H,3-7,9,11-14H2,1-2H3/t19-,20-,21+,24+/m1/s1. The number of rotatable bonds is 5. The van der Waals surface area contributed by atoms with E-state index in [2.05, 4.69) is 26.0 Å². The number of hydrogen-bond acceptors (Lipinski definition) is 3. The first-order valence-corrected chi connectivity index (χ1v) is 10.9. The fraction of sp³-hybridized carbons (Fsp3) is 0.667. The average Bonchev–Trinajstić information content (AvgIpc) is 2.96. The number of esters is 1. The van der Waals surface area contributed by atoms with E-state index >= 15 is 0 Å². The Labute approximate surface area is 162 Å². The summed E-state index contributed by atoms with van der Waals surface area (Å²) in [4.78, 5) is 24.5. The third-order valence-electron chi connectivity index (χ3n) is 7.62. The SMILES string of the molecule is CCCCCC(=O)Oc1ccc2c(c1)CC[C@@H]1[C@@H]2CC[C@]2(C)C(=O)CC[C@@H]12. The first kappa shape index (κ1) is 18.7. The second-order valence-corrected chi connectivity index (χ2v) is 9.13. The van der Waals surface area contributed by atoms with Crippen LogP contribution in [0.25, 0.3) is 0 Å². The van der Waals surface area contributed by atoms with E-state index < -0.39 is 0 Å². The molecule has 0 aromatic heterocycles. The highest BCUT2D eigenvalue weighted by molar-refractivity contribution is 5.87. The molecule has 3 aliphatic rings. The normalized spacial score (nSPS) is 31.8. The van der Waals surface area contributed by atoms with E-state index in [1.807, 2.05) is 6.07 Å². The fourth-order valence-corrected chi connectivity index (χ4v) is 6.10. The van der Waals surface area contributed by atoms with E-state index in [1.54, 1.807) is 0 Å². The Hall–Kier alpha value is -1.64. The monoisotopic (exact) mass is 368 g/mol. The molecule has 0 N–H and O–H groups in total. The van der Waals surface area contributed by atoms with Gasteiger partial charge in [0.2, 0.25) is 0 Å². The van der Waals surface area contributed by atoms with Gasteiger partial charge in [-0.15, -0.1) is 0 Å². The van der Waals surface area contributed by atoms with E-state index in [0.717, 1.165) is 51.4 Å². The Morgan fingerprint density at radius 3 is 2.85 bits per heavy atom. The van der Waals surface area contributed by atoms with Crippen molar-refractivity contribution in [1.29, 1.82) is 0 Å². The zero-order chi connectivity index (χ0) is 19.0. The van der Waals surface area contributed by atoms with Crippen molar-refractivity contribution in [1.82, 2.24) is 0 Å². The molecule has 0 saturated heterocycles. The minimum Gasteiger partial charge on any atom is -0.427 e. The van der Waals surface area contributed by atoms with Gasteiger partial charge < -0.3 is 4.74 Å². The molecule has 3 nitrogen and oxygen atoms in total. The number of Topliss-reactive ketones (excluding diaryl/α,β-unsaturated/α-hetero) is 1. The maximum atomic E-state index is 12.4. The Morgan fingerprint density at radius 2 is 2.04 bits per heavy atom. The smallest absolute Gasteiger partial charge is 0.311 e. The molecule has 0 spiro atoms. The fourth-order valence-electron chi connectivity index (χ4n) is 6.10. The number of carbonyl (C=O) groups excluding carboxylic acids is 2. The highest BCUT2D eigenvalue weighted by atomic mass is 16.5. The van der Waals surface area contributed by atoms with Crippen LogP contribution in [-0.4, -0.2) is 11.8 Å². The largest absolute Gasteiger partial charge is 0.427 e.